The van der Waals surface area contributed by atoms with E-state index < -0.39 is 6.61 Å². The molecule has 6 heteroatoms. The molecule has 0 saturated heterocycles. The van der Waals surface area contributed by atoms with E-state index in [2.05, 4.69) is 10.1 Å². The van der Waals surface area contributed by atoms with Gasteiger partial charge in [0, 0.05) is 6.42 Å². The van der Waals surface area contributed by atoms with Crippen molar-refractivity contribution in [2.24, 2.45) is 5.73 Å². The van der Waals surface area contributed by atoms with Crippen molar-refractivity contribution >= 4 is 5.91 Å². The Balaban J connectivity index is 2.61. The summed E-state index contributed by atoms with van der Waals surface area (Å²) in [6.45, 7) is -0.619. The highest BCUT2D eigenvalue weighted by Gasteiger charge is 2.11. The lowest BCUT2D eigenvalue weighted by atomic mass is 10.1. The van der Waals surface area contributed by atoms with E-state index in [4.69, 9.17) is 5.73 Å². The first-order chi connectivity index (χ1) is 9.02. The van der Waals surface area contributed by atoms with Gasteiger partial charge in [-0.1, -0.05) is 12.1 Å². The number of hydrogen-bond acceptors (Lipinski definition) is 3. The van der Waals surface area contributed by atoms with Gasteiger partial charge in [-0.25, -0.2) is 0 Å². The molecular formula is C13H18F2N2O2. The van der Waals surface area contributed by atoms with Crippen molar-refractivity contribution < 1.29 is 18.3 Å². The molecule has 1 atom stereocenters. The quantitative estimate of drug-likeness (QED) is 0.799. The highest BCUT2D eigenvalue weighted by molar-refractivity contribution is 5.76. The van der Waals surface area contributed by atoms with Gasteiger partial charge < -0.3 is 15.8 Å². The minimum Gasteiger partial charge on any atom is -0.435 e. The average molecular weight is 272 g/mol. The van der Waals surface area contributed by atoms with Crippen LogP contribution in [0.5, 0.6) is 5.75 Å². The standard InChI is InChI=1S/C13H18F2N2O2/c1-9(17-12(18)6-3-7-16)10-4-2-5-11(8-10)19-13(14)15/h2,4-5,8-9,13H,3,6-7,16H2,1H3,(H,17,18). The van der Waals surface area contributed by atoms with Gasteiger partial charge in [-0.2, -0.15) is 8.78 Å². The monoisotopic (exact) mass is 272 g/mol. The van der Waals surface area contributed by atoms with E-state index in [0.29, 0.717) is 24.9 Å². The van der Waals surface area contributed by atoms with Crippen LogP contribution in [0.25, 0.3) is 0 Å². The second-order valence-electron chi connectivity index (χ2n) is 4.13. The zero-order valence-corrected chi connectivity index (χ0v) is 10.7. The summed E-state index contributed by atoms with van der Waals surface area (Å²) in [5.74, 6) is -0.0336. The fourth-order valence-corrected chi connectivity index (χ4v) is 1.62. The lowest BCUT2D eigenvalue weighted by Crippen LogP contribution is -2.26. The number of alkyl halides is 2. The first-order valence-electron chi connectivity index (χ1n) is 6.07. The predicted molar refractivity (Wildman–Crippen MR) is 67.9 cm³/mol. The van der Waals surface area contributed by atoms with E-state index in [1.165, 1.54) is 12.1 Å². The molecule has 0 aliphatic heterocycles. The van der Waals surface area contributed by atoms with Crippen molar-refractivity contribution in [3.05, 3.63) is 29.8 Å². The number of carbonyl (C=O) groups is 1. The van der Waals surface area contributed by atoms with Gasteiger partial charge >= 0.3 is 6.61 Å². The second-order valence-corrected chi connectivity index (χ2v) is 4.13. The van der Waals surface area contributed by atoms with Crippen LogP contribution in [-0.2, 0) is 4.79 Å². The molecule has 1 unspecified atom stereocenters. The number of benzene rings is 1. The lowest BCUT2D eigenvalue weighted by molar-refractivity contribution is -0.121. The van der Waals surface area contributed by atoms with E-state index in [1.807, 2.05) is 0 Å². The minimum absolute atomic E-state index is 0.0792. The third-order valence-electron chi connectivity index (χ3n) is 2.57. The molecular weight excluding hydrogens is 254 g/mol. The molecule has 0 aliphatic carbocycles. The maximum Gasteiger partial charge on any atom is 0.387 e. The number of carbonyl (C=O) groups excluding carboxylic acids is 1. The lowest BCUT2D eigenvalue weighted by Gasteiger charge is -2.15. The van der Waals surface area contributed by atoms with Gasteiger partial charge in [0.1, 0.15) is 5.75 Å². The largest absolute Gasteiger partial charge is 0.435 e. The van der Waals surface area contributed by atoms with Crippen molar-refractivity contribution in [1.29, 1.82) is 0 Å². The Morgan fingerprint density at radius 3 is 2.84 bits per heavy atom. The van der Waals surface area contributed by atoms with Gasteiger partial charge in [0.2, 0.25) is 5.91 Å². The number of halogens is 2. The number of nitrogens with one attached hydrogen (secondary N) is 1. The van der Waals surface area contributed by atoms with Crippen molar-refractivity contribution in [1.82, 2.24) is 5.32 Å². The molecule has 3 N–H and O–H groups in total. The molecule has 1 rings (SSSR count). The highest BCUT2D eigenvalue weighted by atomic mass is 19.3. The Bertz CT molecular complexity index is 413. The van der Waals surface area contributed by atoms with Crippen molar-refractivity contribution in [2.75, 3.05) is 6.54 Å². The predicted octanol–water partition coefficient (Wildman–Crippen LogP) is 2.20. The molecule has 0 radical (unpaired) electrons. The van der Waals surface area contributed by atoms with Crippen LogP contribution < -0.4 is 15.8 Å². The number of ether oxygens (including phenoxy) is 1. The summed E-state index contributed by atoms with van der Waals surface area (Å²) < 4.78 is 28.5. The van der Waals surface area contributed by atoms with Crippen LogP contribution in [-0.4, -0.2) is 19.1 Å². The topological polar surface area (TPSA) is 64.4 Å². The van der Waals surface area contributed by atoms with Gasteiger partial charge in [0.05, 0.1) is 6.04 Å². The SMILES string of the molecule is CC(NC(=O)CCCN)c1cccc(OC(F)F)c1. The van der Waals surface area contributed by atoms with Crippen LogP contribution in [0.1, 0.15) is 31.4 Å². The summed E-state index contributed by atoms with van der Waals surface area (Å²) in [4.78, 5) is 11.5. The Morgan fingerprint density at radius 1 is 1.47 bits per heavy atom. The summed E-state index contributed by atoms with van der Waals surface area (Å²) in [5, 5.41) is 2.77. The van der Waals surface area contributed by atoms with Crippen LogP contribution in [0.4, 0.5) is 8.78 Å². The zero-order valence-electron chi connectivity index (χ0n) is 10.7. The third-order valence-corrected chi connectivity index (χ3v) is 2.57. The minimum atomic E-state index is -2.86. The smallest absolute Gasteiger partial charge is 0.387 e. The molecule has 19 heavy (non-hydrogen) atoms. The second kappa shape index (κ2) is 7.68. The van der Waals surface area contributed by atoms with Crippen molar-refractivity contribution in [3.8, 4) is 5.75 Å². The molecule has 1 aromatic carbocycles. The van der Waals surface area contributed by atoms with Gasteiger partial charge in [-0.15, -0.1) is 0 Å². The van der Waals surface area contributed by atoms with E-state index in [1.54, 1.807) is 19.1 Å². The van der Waals surface area contributed by atoms with Crippen LogP contribution >= 0.6 is 0 Å². The molecule has 1 amide bonds. The van der Waals surface area contributed by atoms with E-state index in [-0.39, 0.29) is 17.7 Å². The molecule has 0 heterocycles. The van der Waals surface area contributed by atoms with E-state index in [9.17, 15) is 13.6 Å². The van der Waals surface area contributed by atoms with Crippen LogP contribution in [0.3, 0.4) is 0 Å². The van der Waals surface area contributed by atoms with Crippen LogP contribution in [0.15, 0.2) is 24.3 Å². The average Bonchev–Trinajstić information content (AvgIpc) is 2.35. The summed E-state index contributed by atoms with van der Waals surface area (Å²) in [6, 6.07) is 6.01. The van der Waals surface area contributed by atoms with Crippen LogP contribution in [0, 0.1) is 0 Å². The van der Waals surface area contributed by atoms with Crippen molar-refractivity contribution in [2.45, 2.75) is 32.4 Å². The molecule has 0 saturated carbocycles. The Morgan fingerprint density at radius 2 is 2.21 bits per heavy atom. The maximum atomic E-state index is 12.1. The number of hydrogen-bond donors (Lipinski definition) is 2. The number of nitrogens with two attached hydrogens (primary N) is 1. The Hall–Kier alpha value is -1.69. The fourth-order valence-electron chi connectivity index (χ4n) is 1.62. The Kier molecular flexibility index (Phi) is 6.21. The normalized spacial score (nSPS) is 12.3. The molecule has 0 fully saturated rings. The number of rotatable bonds is 7. The summed E-state index contributed by atoms with van der Waals surface area (Å²) >= 11 is 0. The molecule has 0 aromatic heterocycles. The highest BCUT2D eigenvalue weighted by Crippen LogP contribution is 2.20. The molecule has 0 aliphatic rings. The first-order valence-corrected chi connectivity index (χ1v) is 6.07. The first kappa shape index (κ1) is 15.4. The van der Waals surface area contributed by atoms with Gasteiger partial charge in [-0.05, 0) is 37.6 Å². The van der Waals surface area contributed by atoms with E-state index in [0.717, 1.165) is 0 Å². The Labute approximate surface area is 110 Å². The van der Waals surface area contributed by atoms with Crippen molar-refractivity contribution in [3.63, 3.8) is 0 Å². The summed E-state index contributed by atoms with van der Waals surface area (Å²) in [6.07, 6.45) is 0.973. The maximum absolute atomic E-state index is 12.1. The van der Waals surface area contributed by atoms with Gasteiger partial charge in [-0.3, -0.25) is 4.79 Å². The van der Waals surface area contributed by atoms with Crippen LogP contribution in [0.2, 0.25) is 0 Å². The molecule has 0 bridgehead atoms. The van der Waals surface area contributed by atoms with Gasteiger partial charge in [0.15, 0.2) is 0 Å². The fraction of sp³-hybridized carbons (Fsp3) is 0.462. The van der Waals surface area contributed by atoms with E-state index >= 15 is 0 Å². The molecule has 1 aromatic rings. The summed E-state index contributed by atoms with van der Waals surface area (Å²) in [7, 11) is 0. The van der Waals surface area contributed by atoms with Gasteiger partial charge in [0.25, 0.3) is 0 Å². The zero-order chi connectivity index (χ0) is 14.3. The third kappa shape index (κ3) is 5.65. The molecule has 0 spiro atoms. The molecule has 106 valence electrons. The molecule has 4 nitrogen and oxygen atoms in total. The number of amides is 1. The summed E-state index contributed by atoms with van der Waals surface area (Å²) in [5.41, 5.74) is 6.03.